The lowest BCUT2D eigenvalue weighted by atomic mass is 10.2. The first-order chi connectivity index (χ1) is 10.4. The second-order valence-electron chi connectivity index (χ2n) is 5.74. The molecule has 1 aromatic carbocycles. The van der Waals surface area contributed by atoms with Crippen LogP contribution in [0, 0.1) is 5.92 Å². The number of ether oxygens (including phenoxy) is 1. The number of methoxy groups -OCH3 is 1. The molecule has 0 aromatic heterocycles. The van der Waals surface area contributed by atoms with E-state index < -0.39 is 0 Å². The molecule has 0 saturated carbocycles. The molecule has 2 amide bonds. The van der Waals surface area contributed by atoms with Crippen molar-refractivity contribution in [3.63, 3.8) is 0 Å². The minimum Gasteiger partial charge on any atom is -0.497 e. The largest absolute Gasteiger partial charge is 0.497 e. The highest BCUT2D eigenvalue weighted by Gasteiger charge is 2.12. The van der Waals surface area contributed by atoms with Gasteiger partial charge in [-0.2, -0.15) is 0 Å². The standard InChI is InChI=1S/C17H26N2O3/c1-13(2)11-18-17(21)9-10-19(14(3)20)12-15-5-7-16(22-4)8-6-15/h5-8,13H,9-12H2,1-4H3,(H,18,21). The first kappa shape index (κ1) is 18.0. The molecule has 0 radical (unpaired) electrons. The molecule has 1 rings (SSSR count). The van der Waals surface area contributed by atoms with Crippen molar-refractivity contribution in [3.8, 4) is 5.75 Å². The van der Waals surface area contributed by atoms with Gasteiger partial charge in [-0.15, -0.1) is 0 Å². The summed E-state index contributed by atoms with van der Waals surface area (Å²) in [5.74, 6) is 1.15. The van der Waals surface area contributed by atoms with Gasteiger partial charge in [0.25, 0.3) is 0 Å². The summed E-state index contributed by atoms with van der Waals surface area (Å²) >= 11 is 0. The smallest absolute Gasteiger partial charge is 0.221 e. The molecular weight excluding hydrogens is 280 g/mol. The maximum Gasteiger partial charge on any atom is 0.221 e. The molecule has 0 heterocycles. The number of nitrogens with zero attached hydrogens (tertiary/aromatic N) is 1. The van der Waals surface area contributed by atoms with Crippen LogP contribution < -0.4 is 10.1 Å². The summed E-state index contributed by atoms with van der Waals surface area (Å²) in [6.07, 6.45) is 0.322. The number of carbonyl (C=O) groups is 2. The van der Waals surface area contributed by atoms with E-state index >= 15 is 0 Å². The number of benzene rings is 1. The summed E-state index contributed by atoms with van der Waals surface area (Å²) in [5, 5.41) is 2.86. The van der Waals surface area contributed by atoms with Crippen molar-refractivity contribution >= 4 is 11.8 Å². The van der Waals surface area contributed by atoms with Crippen LogP contribution in [-0.2, 0) is 16.1 Å². The van der Waals surface area contributed by atoms with Gasteiger partial charge in [-0.05, 0) is 23.6 Å². The molecule has 0 saturated heterocycles. The minimum atomic E-state index is -0.0347. The molecule has 1 N–H and O–H groups in total. The first-order valence-electron chi connectivity index (χ1n) is 7.57. The van der Waals surface area contributed by atoms with Gasteiger partial charge in [0, 0.05) is 33.0 Å². The Morgan fingerprint density at radius 1 is 1.23 bits per heavy atom. The van der Waals surface area contributed by atoms with Gasteiger partial charge in [0.05, 0.1) is 7.11 Å². The van der Waals surface area contributed by atoms with Gasteiger partial charge >= 0.3 is 0 Å². The minimum absolute atomic E-state index is 0.0188. The van der Waals surface area contributed by atoms with Crippen molar-refractivity contribution in [2.75, 3.05) is 20.2 Å². The van der Waals surface area contributed by atoms with Crippen molar-refractivity contribution in [2.24, 2.45) is 5.92 Å². The highest BCUT2D eigenvalue weighted by molar-refractivity contribution is 5.78. The molecule has 22 heavy (non-hydrogen) atoms. The van der Waals surface area contributed by atoms with E-state index in [-0.39, 0.29) is 11.8 Å². The molecular formula is C17H26N2O3. The zero-order valence-electron chi connectivity index (χ0n) is 13.9. The molecule has 0 aliphatic carbocycles. The second-order valence-corrected chi connectivity index (χ2v) is 5.74. The van der Waals surface area contributed by atoms with Crippen molar-refractivity contribution in [2.45, 2.75) is 33.7 Å². The van der Waals surface area contributed by atoms with E-state index in [2.05, 4.69) is 5.32 Å². The van der Waals surface area contributed by atoms with E-state index in [4.69, 9.17) is 4.74 Å². The van der Waals surface area contributed by atoms with Crippen molar-refractivity contribution in [1.29, 1.82) is 0 Å². The van der Waals surface area contributed by atoms with Crippen LogP contribution in [0.15, 0.2) is 24.3 Å². The Hall–Kier alpha value is -2.04. The van der Waals surface area contributed by atoms with E-state index in [0.29, 0.717) is 32.0 Å². The van der Waals surface area contributed by atoms with E-state index in [1.54, 1.807) is 12.0 Å². The van der Waals surface area contributed by atoms with Crippen LogP contribution in [0.2, 0.25) is 0 Å². The van der Waals surface area contributed by atoms with Crippen LogP contribution in [-0.4, -0.2) is 36.9 Å². The predicted octanol–water partition coefficient (Wildman–Crippen LogP) is 2.21. The number of amides is 2. The van der Waals surface area contributed by atoms with Crippen molar-refractivity contribution < 1.29 is 14.3 Å². The summed E-state index contributed by atoms with van der Waals surface area (Å²) in [6, 6.07) is 7.58. The number of carbonyl (C=O) groups excluding carboxylic acids is 2. The third-order valence-electron chi connectivity index (χ3n) is 3.29. The molecule has 0 aliphatic rings. The summed E-state index contributed by atoms with van der Waals surface area (Å²) in [6.45, 7) is 7.20. The van der Waals surface area contributed by atoms with Gasteiger partial charge in [0.1, 0.15) is 5.75 Å². The fraction of sp³-hybridized carbons (Fsp3) is 0.529. The maximum atomic E-state index is 11.7. The van der Waals surface area contributed by atoms with Crippen LogP contribution >= 0.6 is 0 Å². The molecule has 0 aliphatic heterocycles. The maximum absolute atomic E-state index is 11.7. The molecule has 0 fully saturated rings. The molecule has 5 nitrogen and oxygen atoms in total. The average molecular weight is 306 g/mol. The molecule has 0 atom stereocenters. The zero-order valence-corrected chi connectivity index (χ0v) is 13.9. The van der Waals surface area contributed by atoms with Crippen molar-refractivity contribution in [1.82, 2.24) is 10.2 Å². The topological polar surface area (TPSA) is 58.6 Å². The summed E-state index contributed by atoms with van der Waals surface area (Å²) in [4.78, 5) is 25.1. The number of hydrogen-bond acceptors (Lipinski definition) is 3. The fourth-order valence-corrected chi connectivity index (χ4v) is 1.94. The summed E-state index contributed by atoms with van der Waals surface area (Å²) in [5.41, 5.74) is 1.01. The first-order valence-corrected chi connectivity index (χ1v) is 7.57. The molecule has 122 valence electrons. The Balaban J connectivity index is 2.51. The van der Waals surface area contributed by atoms with E-state index in [9.17, 15) is 9.59 Å². The monoisotopic (exact) mass is 306 g/mol. The van der Waals surface area contributed by atoms with Crippen LogP contribution in [0.25, 0.3) is 0 Å². The quantitative estimate of drug-likeness (QED) is 0.801. The van der Waals surface area contributed by atoms with E-state index in [1.807, 2.05) is 38.1 Å². The predicted molar refractivity (Wildman–Crippen MR) is 86.5 cm³/mol. The van der Waals surface area contributed by atoms with Crippen LogP contribution in [0.1, 0.15) is 32.8 Å². The number of nitrogens with one attached hydrogen (secondary N) is 1. The molecule has 0 spiro atoms. The lowest BCUT2D eigenvalue weighted by Gasteiger charge is -2.21. The van der Waals surface area contributed by atoms with Crippen LogP contribution in [0.5, 0.6) is 5.75 Å². The van der Waals surface area contributed by atoms with E-state index in [1.165, 1.54) is 6.92 Å². The van der Waals surface area contributed by atoms with Gasteiger partial charge in [-0.25, -0.2) is 0 Å². The van der Waals surface area contributed by atoms with Gasteiger partial charge in [-0.3, -0.25) is 9.59 Å². The Morgan fingerprint density at radius 2 is 1.86 bits per heavy atom. The summed E-state index contributed by atoms with van der Waals surface area (Å²) in [7, 11) is 1.62. The van der Waals surface area contributed by atoms with Gasteiger partial charge in [0.15, 0.2) is 0 Å². The Morgan fingerprint density at radius 3 is 2.36 bits per heavy atom. The molecule has 1 aromatic rings. The highest BCUT2D eigenvalue weighted by Crippen LogP contribution is 2.13. The van der Waals surface area contributed by atoms with Crippen molar-refractivity contribution in [3.05, 3.63) is 29.8 Å². The molecule has 0 unspecified atom stereocenters. The van der Waals surface area contributed by atoms with Gasteiger partial charge in [-0.1, -0.05) is 26.0 Å². The third kappa shape index (κ3) is 6.61. The third-order valence-corrected chi connectivity index (χ3v) is 3.29. The van der Waals surface area contributed by atoms with E-state index in [0.717, 1.165) is 11.3 Å². The Bertz CT molecular complexity index is 483. The molecule has 0 bridgehead atoms. The number of hydrogen-bond donors (Lipinski definition) is 1. The summed E-state index contributed by atoms with van der Waals surface area (Å²) < 4.78 is 5.11. The SMILES string of the molecule is COc1ccc(CN(CCC(=O)NCC(C)C)C(C)=O)cc1. The van der Waals surface area contributed by atoms with Crippen LogP contribution in [0.4, 0.5) is 0 Å². The fourth-order valence-electron chi connectivity index (χ4n) is 1.94. The normalized spacial score (nSPS) is 10.4. The second kappa shape index (κ2) is 9.07. The van der Waals surface area contributed by atoms with Gasteiger partial charge in [0.2, 0.25) is 11.8 Å². The highest BCUT2D eigenvalue weighted by atomic mass is 16.5. The Kier molecular flexibility index (Phi) is 7.43. The molecule has 5 heteroatoms. The zero-order chi connectivity index (χ0) is 16.5. The lowest BCUT2D eigenvalue weighted by molar-refractivity contribution is -0.130. The van der Waals surface area contributed by atoms with Gasteiger partial charge < -0.3 is 15.0 Å². The lowest BCUT2D eigenvalue weighted by Crippen LogP contribution is -2.34. The Labute approximate surface area is 132 Å². The number of rotatable bonds is 8. The average Bonchev–Trinajstić information content (AvgIpc) is 2.49. The van der Waals surface area contributed by atoms with Crippen LogP contribution in [0.3, 0.4) is 0 Å².